The summed E-state index contributed by atoms with van der Waals surface area (Å²) in [5.74, 6) is 0.845. The van der Waals surface area contributed by atoms with Gasteiger partial charge in [0.15, 0.2) is 0 Å². The summed E-state index contributed by atoms with van der Waals surface area (Å²) in [4.78, 5) is 14.5. The van der Waals surface area contributed by atoms with Crippen molar-refractivity contribution in [3.8, 4) is 0 Å². The molecule has 0 aromatic carbocycles. The lowest BCUT2D eigenvalue weighted by Gasteiger charge is -2.31. The molecule has 4 nitrogen and oxygen atoms in total. The van der Waals surface area contributed by atoms with Gasteiger partial charge in [0.1, 0.15) is 0 Å². The fourth-order valence-corrected chi connectivity index (χ4v) is 3.03. The lowest BCUT2D eigenvalue weighted by atomic mass is 9.88. The first kappa shape index (κ1) is 14.8. The molecule has 0 bridgehead atoms. The van der Waals surface area contributed by atoms with E-state index in [1.807, 2.05) is 0 Å². The number of nitrogens with two attached hydrogens (primary N) is 1. The molecule has 2 fully saturated rings. The summed E-state index contributed by atoms with van der Waals surface area (Å²) in [7, 11) is 1.65. The summed E-state index contributed by atoms with van der Waals surface area (Å²) in [6.45, 7) is 1.50. The van der Waals surface area contributed by atoms with Crippen LogP contribution in [0.15, 0.2) is 0 Å². The molecular weight excluding hydrogens is 240 g/mol. The minimum atomic E-state index is -0.385. The molecule has 0 saturated heterocycles. The zero-order valence-corrected chi connectivity index (χ0v) is 12.1. The normalized spacial score (nSPS) is 22.2. The predicted octanol–water partition coefficient (Wildman–Crippen LogP) is 1.92. The van der Waals surface area contributed by atoms with Gasteiger partial charge in [0, 0.05) is 26.3 Å². The van der Waals surface area contributed by atoms with Crippen LogP contribution < -0.4 is 5.73 Å². The first-order chi connectivity index (χ1) is 9.22. The maximum absolute atomic E-state index is 12.4. The Morgan fingerprint density at radius 3 is 2.53 bits per heavy atom. The highest BCUT2D eigenvalue weighted by atomic mass is 16.5. The quantitative estimate of drug-likeness (QED) is 0.767. The van der Waals surface area contributed by atoms with Gasteiger partial charge in [0.2, 0.25) is 5.91 Å². The van der Waals surface area contributed by atoms with E-state index in [0.29, 0.717) is 25.0 Å². The molecule has 110 valence electrons. The molecule has 2 N–H and O–H groups in total. The summed E-state index contributed by atoms with van der Waals surface area (Å²) in [6.07, 6.45) is 9.53. The summed E-state index contributed by atoms with van der Waals surface area (Å²) in [6, 6.07) is 0.0900. The summed E-state index contributed by atoms with van der Waals surface area (Å²) < 4.78 is 5.02. The molecule has 0 aliphatic heterocycles. The minimum Gasteiger partial charge on any atom is -0.385 e. The fourth-order valence-electron chi connectivity index (χ4n) is 3.03. The van der Waals surface area contributed by atoms with E-state index in [1.165, 1.54) is 32.1 Å². The lowest BCUT2D eigenvalue weighted by Crippen LogP contribution is -2.47. The molecule has 19 heavy (non-hydrogen) atoms. The van der Waals surface area contributed by atoms with E-state index in [2.05, 4.69) is 4.90 Å². The van der Waals surface area contributed by atoms with Crippen molar-refractivity contribution in [3.63, 3.8) is 0 Å². The van der Waals surface area contributed by atoms with E-state index >= 15 is 0 Å². The van der Waals surface area contributed by atoms with Crippen LogP contribution in [0.5, 0.6) is 0 Å². The minimum absolute atomic E-state index is 0.144. The van der Waals surface area contributed by atoms with Gasteiger partial charge in [0.05, 0.1) is 6.04 Å². The average molecular weight is 268 g/mol. The Morgan fingerprint density at radius 1 is 1.26 bits per heavy atom. The third kappa shape index (κ3) is 4.46. The molecular formula is C15H28N2O2. The van der Waals surface area contributed by atoms with Crippen LogP contribution in [0.1, 0.15) is 51.4 Å². The molecule has 0 spiro atoms. The fraction of sp³-hybridized carbons (Fsp3) is 0.933. The highest BCUT2D eigenvalue weighted by Crippen LogP contribution is 2.31. The predicted molar refractivity (Wildman–Crippen MR) is 75.8 cm³/mol. The van der Waals surface area contributed by atoms with Gasteiger partial charge in [-0.15, -0.1) is 0 Å². The topological polar surface area (TPSA) is 55.6 Å². The largest absolute Gasteiger partial charge is 0.385 e. The van der Waals surface area contributed by atoms with Crippen LogP contribution in [0, 0.1) is 5.92 Å². The number of nitrogens with zero attached hydrogens (tertiary/aromatic N) is 1. The number of ether oxygens (including phenoxy) is 1. The molecule has 0 radical (unpaired) electrons. The molecule has 1 amide bonds. The van der Waals surface area contributed by atoms with Gasteiger partial charge in [-0.25, -0.2) is 0 Å². The smallest absolute Gasteiger partial charge is 0.239 e. The third-order valence-electron chi connectivity index (χ3n) is 4.40. The van der Waals surface area contributed by atoms with Crippen LogP contribution in [0.25, 0.3) is 0 Å². The van der Waals surface area contributed by atoms with Gasteiger partial charge < -0.3 is 15.4 Å². The number of hydrogen-bond acceptors (Lipinski definition) is 3. The van der Waals surface area contributed by atoms with Crippen molar-refractivity contribution in [2.75, 3.05) is 20.3 Å². The van der Waals surface area contributed by atoms with E-state index < -0.39 is 0 Å². The van der Waals surface area contributed by atoms with Gasteiger partial charge in [0.25, 0.3) is 0 Å². The van der Waals surface area contributed by atoms with Crippen molar-refractivity contribution < 1.29 is 9.53 Å². The van der Waals surface area contributed by atoms with E-state index in [0.717, 1.165) is 19.4 Å². The van der Waals surface area contributed by atoms with Crippen LogP contribution in [0.2, 0.25) is 0 Å². The van der Waals surface area contributed by atoms with Crippen LogP contribution in [0.4, 0.5) is 0 Å². The Balaban J connectivity index is 1.85. The van der Waals surface area contributed by atoms with Gasteiger partial charge in [-0.05, 0) is 38.0 Å². The van der Waals surface area contributed by atoms with Crippen LogP contribution >= 0.6 is 0 Å². The van der Waals surface area contributed by atoms with Crippen LogP contribution in [0.3, 0.4) is 0 Å². The molecule has 2 aliphatic carbocycles. The van der Waals surface area contributed by atoms with Crippen molar-refractivity contribution in [2.45, 2.75) is 63.5 Å². The molecule has 4 heteroatoms. The highest BCUT2D eigenvalue weighted by molar-refractivity contribution is 5.82. The zero-order chi connectivity index (χ0) is 13.7. The molecule has 1 atom stereocenters. The molecule has 0 aromatic rings. The van der Waals surface area contributed by atoms with E-state index in [1.54, 1.807) is 7.11 Å². The third-order valence-corrected chi connectivity index (χ3v) is 4.40. The first-order valence-electron chi connectivity index (χ1n) is 7.77. The number of hydrogen-bond donors (Lipinski definition) is 1. The summed E-state index contributed by atoms with van der Waals surface area (Å²) in [5, 5.41) is 0. The van der Waals surface area contributed by atoms with Gasteiger partial charge in [-0.2, -0.15) is 0 Å². The second kappa shape index (κ2) is 7.25. The van der Waals surface area contributed by atoms with Crippen molar-refractivity contribution >= 4 is 5.91 Å². The second-order valence-corrected chi connectivity index (χ2v) is 6.11. The first-order valence-corrected chi connectivity index (χ1v) is 7.77. The number of amides is 1. The van der Waals surface area contributed by atoms with Gasteiger partial charge in [-0.3, -0.25) is 4.79 Å². The molecule has 1 unspecified atom stereocenters. The molecule has 2 rings (SSSR count). The molecule has 2 saturated carbocycles. The van der Waals surface area contributed by atoms with Crippen LogP contribution in [-0.4, -0.2) is 43.2 Å². The number of rotatable bonds is 7. The Morgan fingerprint density at radius 2 is 1.95 bits per heavy atom. The monoisotopic (exact) mass is 268 g/mol. The van der Waals surface area contributed by atoms with E-state index in [9.17, 15) is 4.79 Å². The van der Waals surface area contributed by atoms with Gasteiger partial charge >= 0.3 is 0 Å². The Labute approximate surface area is 116 Å². The molecule has 0 aromatic heterocycles. The van der Waals surface area contributed by atoms with Crippen molar-refractivity contribution in [1.29, 1.82) is 0 Å². The Hall–Kier alpha value is -0.610. The maximum atomic E-state index is 12.4. The number of methoxy groups -OCH3 is 1. The van der Waals surface area contributed by atoms with Crippen molar-refractivity contribution in [3.05, 3.63) is 0 Å². The lowest BCUT2D eigenvalue weighted by molar-refractivity contribution is -0.134. The summed E-state index contributed by atoms with van der Waals surface area (Å²) in [5.41, 5.74) is 6.00. The zero-order valence-electron chi connectivity index (χ0n) is 12.1. The Kier molecular flexibility index (Phi) is 5.64. The van der Waals surface area contributed by atoms with Crippen LogP contribution in [-0.2, 0) is 9.53 Å². The highest BCUT2D eigenvalue weighted by Gasteiger charge is 2.35. The van der Waals surface area contributed by atoms with Crippen molar-refractivity contribution in [1.82, 2.24) is 4.90 Å². The molecule has 2 aliphatic rings. The van der Waals surface area contributed by atoms with Gasteiger partial charge in [-0.1, -0.05) is 19.3 Å². The van der Waals surface area contributed by atoms with E-state index in [4.69, 9.17) is 10.5 Å². The second-order valence-electron chi connectivity index (χ2n) is 6.11. The maximum Gasteiger partial charge on any atom is 0.239 e. The SMILES string of the molecule is COCCC(N)C(=O)N(CC1CCCCC1)C1CC1. The standard InChI is InChI=1S/C15H28N2O2/c1-19-10-9-14(16)15(18)17(13-7-8-13)11-12-5-3-2-4-6-12/h12-14H,2-11,16H2,1H3. The molecule has 0 heterocycles. The van der Waals surface area contributed by atoms with E-state index in [-0.39, 0.29) is 11.9 Å². The number of carbonyl (C=O) groups excluding carboxylic acids is 1. The summed E-state index contributed by atoms with van der Waals surface area (Å²) >= 11 is 0. The average Bonchev–Trinajstić information content (AvgIpc) is 3.27. The Bertz CT molecular complexity index is 286. The number of carbonyl (C=O) groups is 1. The van der Waals surface area contributed by atoms with Crippen molar-refractivity contribution in [2.24, 2.45) is 11.7 Å².